The molecule has 7 nitrogen and oxygen atoms in total. The Morgan fingerprint density at radius 3 is 3.20 bits per heavy atom. The third-order valence-corrected chi connectivity index (χ3v) is 4.47. The number of aromatic nitrogens is 2. The molecule has 1 fully saturated rings. The molecule has 0 bridgehead atoms. The van der Waals surface area contributed by atoms with Crippen LogP contribution >= 0.6 is 11.3 Å². The van der Waals surface area contributed by atoms with E-state index in [9.17, 15) is 10.1 Å². The van der Waals surface area contributed by atoms with Gasteiger partial charge < -0.3 is 20.3 Å². The zero-order chi connectivity index (χ0) is 14.1. The van der Waals surface area contributed by atoms with Crippen molar-refractivity contribution in [2.75, 3.05) is 24.5 Å². The van der Waals surface area contributed by atoms with Crippen LogP contribution in [0.5, 0.6) is 0 Å². The van der Waals surface area contributed by atoms with Crippen molar-refractivity contribution in [3.8, 4) is 0 Å². The smallest absolute Gasteiger partial charge is 0.358 e. The van der Waals surface area contributed by atoms with Gasteiger partial charge >= 0.3 is 5.82 Å². The molecule has 0 saturated carbocycles. The fourth-order valence-corrected chi connectivity index (χ4v) is 3.51. The van der Waals surface area contributed by atoms with Crippen molar-refractivity contribution < 1.29 is 4.92 Å². The summed E-state index contributed by atoms with van der Waals surface area (Å²) >= 11 is 1.42. The Balaban J connectivity index is 2.03. The molecule has 1 N–H and O–H groups in total. The molecule has 108 valence electrons. The van der Waals surface area contributed by atoms with Crippen LogP contribution in [0.4, 0.5) is 11.6 Å². The molecular formula is C12H17N5O2S. The number of rotatable bonds is 4. The van der Waals surface area contributed by atoms with Crippen LogP contribution in [0, 0.1) is 10.1 Å². The van der Waals surface area contributed by atoms with Gasteiger partial charge in [-0.2, -0.15) is 9.38 Å². The molecule has 0 aromatic carbocycles. The standard InChI is InChI=1S/C12H17N5O2S/c1-2-15(9-4-3-5-13-8-9)10-11(17(18)19)16-6-7-20-12(16)14-10/h6-7,9,13H,2-5,8H2,1H3. The minimum Gasteiger partial charge on any atom is -0.358 e. The SMILES string of the molecule is CCN(c1nc2sccn2c1[N+](=O)[O-])C1CCCNC1. The summed E-state index contributed by atoms with van der Waals surface area (Å²) in [5, 5.41) is 16.6. The highest BCUT2D eigenvalue weighted by atomic mass is 32.1. The molecule has 0 amide bonds. The summed E-state index contributed by atoms with van der Waals surface area (Å²) in [6.07, 6.45) is 3.85. The molecule has 1 atom stereocenters. The molecule has 2 aromatic rings. The third-order valence-electron chi connectivity index (χ3n) is 3.72. The van der Waals surface area contributed by atoms with Gasteiger partial charge in [-0.15, -0.1) is 0 Å². The Bertz CT molecular complexity index is 616. The van der Waals surface area contributed by atoms with E-state index >= 15 is 0 Å². The Morgan fingerprint density at radius 1 is 1.70 bits per heavy atom. The molecule has 3 heterocycles. The van der Waals surface area contributed by atoms with Gasteiger partial charge in [0.05, 0.1) is 0 Å². The maximum atomic E-state index is 11.4. The average Bonchev–Trinajstić information content (AvgIpc) is 3.01. The van der Waals surface area contributed by atoms with Gasteiger partial charge in [-0.1, -0.05) is 11.3 Å². The Kier molecular flexibility index (Phi) is 3.58. The van der Waals surface area contributed by atoms with Gasteiger partial charge in [0.25, 0.3) is 4.96 Å². The number of nitrogens with one attached hydrogen (secondary N) is 1. The van der Waals surface area contributed by atoms with Gasteiger partial charge in [0.15, 0.2) is 0 Å². The van der Waals surface area contributed by atoms with Crippen molar-refractivity contribution in [2.45, 2.75) is 25.8 Å². The molecular weight excluding hydrogens is 278 g/mol. The van der Waals surface area contributed by atoms with E-state index in [1.54, 1.807) is 10.6 Å². The van der Waals surface area contributed by atoms with E-state index in [2.05, 4.69) is 15.2 Å². The predicted molar refractivity (Wildman–Crippen MR) is 78.6 cm³/mol. The summed E-state index contributed by atoms with van der Waals surface area (Å²) < 4.78 is 1.57. The Morgan fingerprint density at radius 2 is 2.55 bits per heavy atom. The third kappa shape index (κ3) is 2.14. The van der Waals surface area contributed by atoms with Crippen LogP contribution in [0.1, 0.15) is 19.8 Å². The van der Waals surface area contributed by atoms with Crippen LogP contribution in [0.15, 0.2) is 11.6 Å². The molecule has 1 unspecified atom stereocenters. The molecule has 0 aliphatic carbocycles. The molecule has 8 heteroatoms. The fourth-order valence-electron chi connectivity index (χ4n) is 2.81. The van der Waals surface area contributed by atoms with E-state index in [0.29, 0.717) is 10.8 Å². The van der Waals surface area contributed by atoms with Gasteiger partial charge in [-0.25, -0.2) is 0 Å². The largest absolute Gasteiger partial charge is 0.373 e. The minimum atomic E-state index is -0.332. The van der Waals surface area contributed by atoms with Gasteiger partial charge in [-0.05, 0) is 31.2 Å². The number of thiazole rings is 1. The summed E-state index contributed by atoms with van der Waals surface area (Å²) in [5.74, 6) is 0.576. The van der Waals surface area contributed by atoms with Gasteiger partial charge in [0, 0.05) is 24.5 Å². The van der Waals surface area contributed by atoms with E-state index in [4.69, 9.17) is 0 Å². The van der Waals surface area contributed by atoms with Crippen molar-refractivity contribution in [3.63, 3.8) is 0 Å². The molecule has 3 rings (SSSR count). The summed E-state index contributed by atoms with van der Waals surface area (Å²) in [4.78, 5) is 18.3. The van der Waals surface area contributed by atoms with E-state index in [1.807, 2.05) is 12.3 Å². The summed E-state index contributed by atoms with van der Waals surface area (Å²) in [6.45, 7) is 4.62. The first-order valence-electron chi connectivity index (χ1n) is 6.79. The zero-order valence-electron chi connectivity index (χ0n) is 11.3. The molecule has 2 aromatic heterocycles. The first-order chi connectivity index (χ1) is 9.72. The Labute approximate surface area is 120 Å². The minimum absolute atomic E-state index is 0.0775. The second-order valence-electron chi connectivity index (χ2n) is 4.86. The second kappa shape index (κ2) is 5.37. The fraction of sp³-hybridized carbons (Fsp3) is 0.583. The number of piperidine rings is 1. The number of likely N-dealkylation sites (N-methyl/N-ethyl adjacent to an activating group) is 1. The number of hydrogen-bond donors (Lipinski definition) is 1. The van der Waals surface area contributed by atoms with Crippen LogP contribution in [-0.4, -0.2) is 40.0 Å². The first kappa shape index (κ1) is 13.3. The van der Waals surface area contributed by atoms with Crippen molar-refractivity contribution in [1.29, 1.82) is 0 Å². The molecule has 1 aliphatic heterocycles. The van der Waals surface area contributed by atoms with Crippen molar-refractivity contribution in [3.05, 3.63) is 21.7 Å². The second-order valence-corrected chi connectivity index (χ2v) is 5.73. The van der Waals surface area contributed by atoms with Gasteiger partial charge in [-0.3, -0.25) is 0 Å². The number of nitro groups is 1. The molecule has 0 spiro atoms. The van der Waals surface area contributed by atoms with E-state index in [-0.39, 0.29) is 16.8 Å². The lowest BCUT2D eigenvalue weighted by atomic mass is 10.1. The molecule has 1 saturated heterocycles. The Hall–Kier alpha value is -1.67. The predicted octanol–water partition coefficient (Wildman–Crippen LogP) is 1.88. The van der Waals surface area contributed by atoms with Gasteiger partial charge in [0.1, 0.15) is 6.20 Å². The van der Waals surface area contributed by atoms with E-state index < -0.39 is 0 Å². The highest BCUT2D eigenvalue weighted by Crippen LogP contribution is 2.32. The lowest BCUT2D eigenvalue weighted by molar-refractivity contribution is -0.389. The number of fused-ring (bicyclic) bond motifs is 1. The maximum absolute atomic E-state index is 11.4. The highest BCUT2D eigenvalue weighted by Gasteiger charge is 2.31. The summed E-state index contributed by atoms with van der Waals surface area (Å²) in [5.41, 5.74) is 0. The number of imidazole rings is 1. The van der Waals surface area contributed by atoms with Crippen LogP contribution in [0.2, 0.25) is 0 Å². The van der Waals surface area contributed by atoms with Crippen LogP contribution < -0.4 is 10.2 Å². The zero-order valence-corrected chi connectivity index (χ0v) is 12.1. The lowest BCUT2D eigenvalue weighted by Gasteiger charge is -2.33. The quantitative estimate of drug-likeness (QED) is 0.688. The number of hydrogen-bond acceptors (Lipinski definition) is 6. The van der Waals surface area contributed by atoms with E-state index in [1.165, 1.54) is 11.3 Å². The van der Waals surface area contributed by atoms with E-state index in [0.717, 1.165) is 32.5 Å². The summed E-state index contributed by atoms with van der Waals surface area (Å²) in [7, 11) is 0. The average molecular weight is 295 g/mol. The van der Waals surface area contributed by atoms with Crippen LogP contribution in [0.3, 0.4) is 0 Å². The lowest BCUT2D eigenvalue weighted by Crippen LogP contribution is -2.46. The normalized spacial score (nSPS) is 19.4. The van der Waals surface area contributed by atoms with Crippen molar-refractivity contribution in [2.24, 2.45) is 0 Å². The van der Waals surface area contributed by atoms with Crippen LogP contribution in [0.25, 0.3) is 4.96 Å². The highest BCUT2D eigenvalue weighted by molar-refractivity contribution is 7.15. The monoisotopic (exact) mass is 295 g/mol. The summed E-state index contributed by atoms with van der Waals surface area (Å²) in [6, 6.07) is 0.275. The van der Waals surface area contributed by atoms with Crippen molar-refractivity contribution in [1.82, 2.24) is 14.7 Å². The number of anilines is 1. The maximum Gasteiger partial charge on any atom is 0.373 e. The molecule has 1 aliphatic rings. The molecule has 20 heavy (non-hydrogen) atoms. The van der Waals surface area contributed by atoms with Crippen LogP contribution in [-0.2, 0) is 0 Å². The molecule has 0 radical (unpaired) electrons. The first-order valence-corrected chi connectivity index (χ1v) is 7.67. The van der Waals surface area contributed by atoms with Crippen molar-refractivity contribution >= 4 is 27.9 Å². The van der Waals surface area contributed by atoms with Gasteiger partial charge in [0.2, 0.25) is 5.82 Å². The number of nitrogens with zero attached hydrogens (tertiary/aromatic N) is 4. The topological polar surface area (TPSA) is 75.7 Å².